The molecule has 0 heterocycles. The Bertz CT molecular complexity index is 1640. The molecule has 5 atom stereocenters. The number of phosphoric ester groups is 2. The molecule has 504 valence electrons. The lowest BCUT2D eigenvalue weighted by Crippen LogP contribution is -2.30. The van der Waals surface area contributed by atoms with Crippen LogP contribution in [0.1, 0.15) is 342 Å². The Morgan fingerprint density at radius 1 is 0.282 bits per heavy atom. The largest absolute Gasteiger partial charge is 0.472 e. The van der Waals surface area contributed by atoms with Gasteiger partial charge in [-0.05, 0) is 25.7 Å². The van der Waals surface area contributed by atoms with Gasteiger partial charge >= 0.3 is 39.5 Å². The molecule has 0 aromatic rings. The first-order valence-corrected chi connectivity index (χ1v) is 37.8. The van der Waals surface area contributed by atoms with Crippen LogP contribution in [0.5, 0.6) is 0 Å². The number of carbonyl (C=O) groups excluding carboxylic acids is 4. The quantitative estimate of drug-likeness (QED) is 0.0222. The molecule has 0 aliphatic rings. The minimum Gasteiger partial charge on any atom is -0.462 e. The number of hydrogen-bond donors (Lipinski definition) is 3. The molecular formula is C66H128O17P2. The summed E-state index contributed by atoms with van der Waals surface area (Å²) in [5.41, 5.74) is 0. The van der Waals surface area contributed by atoms with Crippen molar-refractivity contribution in [2.45, 2.75) is 361 Å². The molecule has 0 aliphatic heterocycles. The summed E-state index contributed by atoms with van der Waals surface area (Å²) >= 11 is 0. The molecule has 0 spiro atoms. The van der Waals surface area contributed by atoms with E-state index in [1.54, 1.807) is 0 Å². The normalized spacial score (nSPS) is 14.1. The number of aliphatic hydroxyl groups excluding tert-OH is 1. The number of rotatable bonds is 67. The van der Waals surface area contributed by atoms with Gasteiger partial charge in [-0.1, -0.05) is 291 Å². The fourth-order valence-electron chi connectivity index (χ4n) is 9.99. The molecule has 3 N–H and O–H groups in total. The molecule has 0 radical (unpaired) electrons. The molecule has 0 bridgehead atoms. The molecule has 0 fully saturated rings. The van der Waals surface area contributed by atoms with Crippen molar-refractivity contribution in [1.29, 1.82) is 0 Å². The number of phosphoric acid groups is 2. The van der Waals surface area contributed by atoms with Crippen LogP contribution in [0.15, 0.2) is 0 Å². The Labute approximate surface area is 517 Å². The van der Waals surface area contributed by atoms with Crippen LogP contribution in [0.2, 0.25) is 0 Å². The highest BCUT2D eigenvalue weighted by atomic mass is 31.2. The Morgan fingerprint density at radius 3 is 0.694 bits per heavy atom. The fraction of sp³-hybridized carbons (Fsp3) is 0.939. The molecule has 0 aliphatic carbocycles. The third kappa shape index (κ3) is 60.7. The first-order chi connectivity index (χ1) is 41.2. The van der Waals surface area contributed by atoms with Gasteiger partial charge in [-0.25, -0.2) is 9.13 Å². The molecule has 0 rings (SSSR count). The molecule has 85 heavy (non-hydrogen) atoms. The van der Waals surface area contributed by atoms with E-state index < -0.39 is 97.5 Å². The van der Waals surface area contributed by atoms with Gasteiger partial charge in [-0.2, -0.15) is 0 Å². The van der Waals surface area contributed by atoms with Gasteiger partial charge in [-0.15, -0.1) is 0 Å². The predicted molar refractivity (Wildman–Crippen MR) is 340 cm³/mol. The van der Waals surface area contributed by atoms with Crippen molar-refractivity contribution in [2.24, 2.45) is 0 Å². The van der Waals surface area contributed by atoms with Gasteiger partial charge in [0.05, 0.1) is 26.4 Å². The number of unbranched alkanes of at least 4 members (excludes halogenated alkanes) is 41. The van der Waals surface area contributed by atoms with E-state index in [-0.39, 0.29) is 25.7 Å². The Kier molecular flexibility index (Phi) is 59.6. The summed E-state index contributed by atoms with van der Waals surface area (Å²) in [5, 5.41) is 10.5. The van der Waals surface area contributed by atoms with E-state index in [0.717, 1.165) is 96.3 Å². The summed E-state index contributed by atoms with van der Waals surface area (Å²) < 4.78 is 68.0. The van der Waals surface area contributed by atoms with Crippen LogP contribution in [-0.2, 0) is 65.4 Å². The molecule has 0 aromatic heterocycles. The summed E-state index contributed by atoms with van der Waals surface area (Å²) in [6, 6.07) is 0. The lowest BCUT2D eigenvalue weighted by Gasteiger charge is -2.21. The van der Waals surface area contributed by atoms with E-state index in [2.05, 4.69) is 27.7 Å². The van der Waals surface area contributed by atoms with Crippen LogP contribution < -0.4 is 0 Å². The van der Waals surface area contributed by atoms with Gasteiger partial charge in [0, 0.05) is 25.7 Å². The van der Waals surface area contributed by atoms with E-state index >= 15 is 0 Å². The second kappa shape index (κ2) is 60.9. The smallest absolute Gasteiger partial charge is 0.462 e. The number of hydrogen-bond acceptors (Lipinski definition) is 15. The van der Waals surface area contributed by atoms with Crippen LogP contribution in [0.4, 0.5) is 0 Å². The maximum Gasteiger partial charge on any atom is 0.472 e. The monoisotopic (exact) mass is 1250 g/mol. The number of carbonyl (C=O) groups is 4. The Hall–Kier alpha value is -1.94. The summed E-state index contributed by atoms with van der Waals surface area (Å²) in [6.07, 6.45) is 47.2. The number of ether oxygens (including phenoxy) is 4. The standard InChI is InChI=1S/C66H128O17P2/c1-5-9-13-17-21-25-27-28-29-30-31-32-34-37-41-45-49-53-66(71)83-62(57-77-64(69)51-47-43-39-36-33-26-22-18-14-10-6-2)59-81-85(74,75)79-55-60(67)54-78-84(72,73)80-58-61(56-76-63(68)50-46-42-38-24-20-16-12-8-4)82-65(70)52-48-44-40-35-23-19-15-11-7-3/h60-62,67H,5-59H2,1-4H3,(H,72,73)(H,74,75)/t60-,61+,62+/m0/s1. The summed E-state index contributed by atoms with van der Waals surface area (Å²) in [4.78, 5) is 72.2. The average Bonchev–Trinajstić information content (AvgIpc) is 3.53. The van der Waals surface area contributed by atoms with Gasteiger partial charge in [0.1, 0.15) is 19.3 Å². The second-order valence-corrected chi connectivity index (χ2v) is 26.8. The maximum absolute atomic E-state index is 13.0. The van der Waals surface area contributed by atoms with Crippen molar-refractivity contribution in [3.05, 3.63) is 0 Å². The average molecular weight is 1260 g/mol. The third-order valence-corrected chi connectivity index (χ3v) is 17.3. The van der Waals surface area contributed by atoms with Crippen LogP contribution >= 0.6 is 15.6 Å². The topological polar surface area (TPSA) is 237 Å². The summed E-state index contributed by atoms with van der Waals surface area (Å²) in [6.45, 7) is 4.87. The predicted octanol–water partition coefficient (Wildman–Crippen LogP) is 18.7. The van der Waals surface area contributed by atoms with Crippen LogP contribution in [0.25, 0.3) is 0 Å². The molecule has 0 amide bonds. The third-order valence-electron chi connectivity index (χ3n) is 15.4. The van der Waals surface area contributed by atoms with Crippen LogP contribution in [-0.4, -0.2) is 96.7 Å². The molecule has 0 saturated carbocycles. The lowest BCUT2D eigenvalue weighted by molar-refractivity contribution is -0.161. The molecule has 17 nitrogen and oxygen atoms in total. The lowest BCUT2D eigenvalue weighted by atomic mass is 10.0. The van der Waals surface area contributed by atoms with Crippen molar-refractivity contribution in [3.8, 4) is 0 Å². The molecule has 0 saturated heterocycles. The van der Waals surface area contributed by atoms with E-state index in [1.165, 1.54) is 167 Å². The highest BCUT2D eigenvalue weighted by Crippen LogP contribution is 2.45. The molecule has 2 unspecified atom stereocenters. The van der Waals surface area contributed by atoms with Crippen LogP contribution in [0.3, 0.4) is 0 Å². The van der Waals surface area contributed by atoms with Gasteiger partial charge in [0.2, 0.25) is 0 Å². The zero-order valence-electron chi connectivity index (χ0n) is 54.6. The fourth-order valence-corrected chi connectivity index (χ4v) is 11.6. The van der Waals surface area contributed by atoms with Crippen molar-refractivity contribution < 1.29 is 80.2 Å². The van der Waals surface area contributed by atoms with Crippen molar-refractivity contribution in [1.82, 2.24) is 0 Å². The second-order valence-electron chi connectivity index (χ2n) is 23.9. The minimum absolute atomic E-state index is 0.106. The highest BCUT2D eigenvalue weighted by molar-refractivity contribution is 7.47. The SMILES string of the molecule is CCCCCCCCCCCCCCCCCCCC(=O)O[C@H](COC(=O)CCCCCCCCCCCCC)COP(=O)(O)OC[C@@H](O)COP(=O)(O)OC[C@@H](COC(=O)CCCCCCCCCC)OC(=O)CCCCCCCCCCC. The van der Waals surface area contributed by atoms with Crippen LogP contribution in [0, 0.1) is 0 Å². The van der Waals surface area contributed by atoms with Gasteiger partial charge in [-0.3, -0.25) is 37.3 Å². The summed E-state index contributed by atoms with van der Waals surface area (Å²) in [5.74, 6) is -2.13. The minimum atomic E-state index is -4.94. The first kappa shape index (κ1) is 83.1. The molecular weight excluding hydrogens is 1130 g/mol. The molecule has 0 aromatic carbocycles. The highest BCUT2D eigenvalue weighted by Gasteiger charge is 2.30. The van der Waals surface area contributed by atoms with Crippen molar-refractivity contribution in [2.75, 3.05) is 39.6 Å². The van der Waals surface area contributed by atoms with Gasteiger partial charge in [0.25, 0.3) is 0 Å². The van der Waals surface area contributed by atoms with E-state index in [9.17, 15) is 43.2 Å². The van der Waals surface area contributed by atoms with Gasteiger partial charge < -0.3 is 33.8 Å². The van der Waals surface area contributed by atoms with Crippen molar-refractivity contribution >= 4 is 39.5 Å². The zero-order chi connectivity index (χ0) is 62.6. The number of esters is 4. The maximum atomic E-state index is 13.0. The van der Waals surface area contributed by atoms with E-state index in [1.807, 2.05) is 0 Å². The van der Waals surface area contributed by atoms with Gasteiger partial charge in [0.15, 0.2) is 12.2 Å². The number of aliphatic hydroxyl groups is 1. The first-order valence-electron chi connectivity index (χ1n) is 34.8. The summed E-state index contributed by atoms with van der Waals surface area (Å²) in [7, 11) is -9.88. The van der Waals surface area contributed by atoms with E-state index in [0.29, 0.717) is 25.7 Å². The zero-order valence-corrected chi connectivity index (χ0v) is 56.4. The Balaban J connectivity index is 5.18. The van der Waals surface area contributed by atoms with Crippen molar-refractivity contribution in [3.63, 3.8) is 0 Å². The Morgan fingerprint density at radius 2 is 0.471 bits per heavy atom. The molecule has 19 heteroatoms. The van der Waals surface area contributed by atoms with E-state index in [4.69, 9.17) is 37.0 Å².